The number of hydrogen-bond acceptors (Lipinski definition) is 4. The van der Waals surface area contributed by atoms with Gasteiger partial charge in [-0.25, -0.2) is 4.68 Å². The van der Waals surface area contributed by atoms with Crippen molar-refractivity contribution in [3.63, 3.8) is 0 Å². The Balaban J connectivity index is 2.00. The second-order valence-corrected chi connectivity index (χ2v) is 6.85. The molecule has 6 heteroatoms. The van der Waals surface area contributed by atoms with E-state index in [4.69, 9.17) is 0 Å². The predicted molar refractivity (Wildman–Crippen MR) is 85.0 cm³/mol. The second kappa shape index (κ2) is 7.33. The Morgan fingerprint density at radius 1 is 1.53 bits per heavy atom. The second-order valence-electron chi connectivity index (χ2n) is 4.84. The highest BCUT2D eigenvalue weighted by Crippen LogP contribution is 2.24. The molecule has 19 heavy (non-hydrogen) atoms. The van der Waals surface area contributed by atoms with E-state index in [9.17, 15) is 4.79 Å². The van der Waals surface area contributed by atoms with E-state index in [1.165, 1.54) is 29.0 Å². The third-order valence-electron chi connectivity index (χ3n) is 3.34. The number of thioether (sulfide) groups is 1. The molecule has 1 aliphatic rings. The van der Waals surface area contributed by atoms with Crippen LogP contribution < -0.4 is 10.9 Å². The van der Waals surface area contributed by atoms with Gasteiger partial charge in [-0.15, -0.1) is 0 Å². The maximum absolute atomic E-state index is 12.0. The Morgan fingerprint density at radius 3 is 2.95 bits per heavy atom. The lowest BCUT2D eigenvalue weighted by Crippen LogP contribution is -2.26. The van der Waals surface area contributed by atoms with Crippen molar-refractivity contribution in [2.45, 2.75) is 32.7 Å². The number of halogens is 1. The monoisotopic (exact) mass is 345 g/mol. The first kappa shape index (κ1) is 14.9. The topological polar surface area (TPSA) is 46.9 Å². The number of anilines is 1. The third-order valence-corrected chi connectivity index (χ3v) is 5.16. The fourth-order valence-corrected chi connectivity index (χ4v) is 3.82. The van der Waals surface area contributed by atoms with Gasteiger partial charge in [-0.1, -0.05) is 6.92 Å². The molecule has 0 atom stereocenters. The van der Waals surface area contributed by atoms with Gasteiger partial charge < -0.3 is 5.32 Å². The highest BCUT2D eigenvalue weighted by atomic mass is 79.9. The smallest absolute Gasteiger partial charge is 0.283 e. The van der Waals surface area contributed by atoms with Crippen molar-refractivity contribution in [1.29, 1.82) is 0 Å². The van der Waals surface area contributed by atoms with Crippen LogP contribution in [0.15, 0.2) is 15.5 Å². The summed E-state index contributed by atoms with van der Waals surface area (Å²) in [6, 6.07) is 0. The third kappa shape index (κ3) is 3.99. The van der Waals surface area contributed by atoms with Gasteiger partial charge in [0.25, 0.3) is 5.56 Å². The molecule has 2 heterocycles. The summed E-state index contributed by atoms with van der Waals surface area (Å²) >= 11 is 5.42. The average Bonchev–Trinajstić information content (AvgIpc) is 2.44. The number of nitrogens with zero attached hydrogens (tertiary/aromatic N) is 2. The maximum Gasteiger partial charge on any atom is 0.283 e. The standard InChI is InChI=1S/C13H20BrN3OS/c1-2-5-17-13(18)12(14)11(9-16-17)15-8-10-3-6-19-7-4-10/h9-10,15H,2-8H2,1H3. The zero-order valence-electron chi connectivity index (χ0n) is 11.2. The molecular weight excluding hydrogens is 326 g/mol. The average molecular weight is 346 g/mol. The molecule has 0 amide bonds. The van der Waals surface area contributed by atoms with Crippen LogP contribution in [0.5, 0.6) is 0 Å². The van der Waals surface area contributed by atoms with Gasteiger partial charge in [-0.2, -0.15) is 16.9 Å². The van der Waals surface area contributed by atoms with Crippen LogP contribution >= 0.6 is 27.7 Å². The molecule has 0 spiro atoms. The molecule has 0 radical (unpaired) electrons. The van der Waals surface area contributed by atoms with Crippen molar-refractivity contribution >= 4 is 33.4 Å². The van der Waals surface area contributed by atoms with Crippen LogP contribution in [-0.2, 0) is 6.54 Å². The summed E-state index contributed by atoms with van der Waals surface area (Å²) in [5, 5.41) is 7.56. The van der Waals surface area contributed by atoms with Gasteiger partial charge in [0.2, 0.25) is 0 Å². The molecule has 0 aromatic carbocycles. The van der Waals surface area contributed by atoms with Crippen LogP contribution in [0.2, 0.25) is 0 Å². The molecule has 4 nitrogen and oxygen atoms in total. The lowest BCUT2D eigenvalue weighted by Gasteiger charge is -2.22. The van der Waals surface area contributed by atoms with E-state index in [0.29, 0.717) is 16.9 Å². The van der Waals surface area contributed by atoms with E-state index in [1.807, 2.05) is 18.7 Å². The molecule has 1 aliphatic heterocycles. The Kier molecular flexibility index (Phi) is 5.76. The van der Waals surface area contributed by atoms with Crippen LogP contribution in [0, 0.1) is 5.92 Å². The first-order chi connectivity index (χ1) is 9.22. The molecular formula is C13H20BrN3OS. The Bertz CT molecular complexity index is 471. The molecule has 1 aromatic rings. The molecule has 1 N–H and O–H groups in total. The van der Waals surface area contributed by atoms with E-state index in [2.05, 4.69) is 26.3 Å². The van der Waals surface area contributed by atoms with E-state index in [1.54, 1.807) is 6.20 Å². The summed E-state index contributed by atoms with van der Waals surface area (Å²) < 4.78 is 2.10. The molecule has 0 unspecified atom stereocenters. The summed E-state index contributed by atoms with van der Waals surface area (Å²) in [4.78, 5) is 12.0. The summed E-state index contributed by atoms with van der Waals surface area (Å²) in [7, 11) is 0. The SMILES string of the molecule is CCCn1ncc(NCC2CCSCC2)c(Br)c1=O. The number of rotatable bonds is 5. The van der Waals surface area contributed by atoms with Crippen molar-refractivity contribution in [1.82, 2.24) is 9.78 Å². The van der Waals surface area contributed by atoms with Gasteiger partial charge in [-0.3, -0.25) is 4.79 Å². The minimum absolute atomic E-state index is 0.0500. The summed E-state index contributed by atoms with van der Waals surface area (Å²) in [6.07, 6.45) is 5.18. The van der Waals surface area contributed by atoms with Crippen LogP contribution in [0.3, 0.4) is 0 Å². The summed E-state index contributed by atoms with van der Waals surface area (Å²) in [5.41, 5.74) is 0.765. The zero-order valence-corrected chi connectivity index (χ0v) is 13.6. The number of aromatic nitrogens is 2. The highest BCUT2D eigenvalue weighted by Gasteiger charge is 2.15. The fourth-order valence-electron chi connectivity index (χ4n) is 2.16. The van der Waals surface area contributed by atoms with Crippen molar-refractivity contribution in [3.05, 3.63) is 21.0 Å². The van der Waals surface area contributed by atoms with Crippen LogP contribution in [0.25, 0.3) is 0 Å². The van der Waals surface area contributed by atoms with Gasteiger partial charge >= 0.3 is 0 Å². The highest BCUT2D eigenvalue weighted by molar-refractivity contribution is 9.10. The minimum Gasteiger partial charge on any atom is -0.382 e. The van der Waals surface area contributed by atoms with E-state index in [-0.39, 0.29) is 5.56 Å². The van der Waals surface area contributed by atoms with E-state index >= 15 is 0 Å². The van der Waals surface area contributed by atoms with E-state index < -0.39 is 0 Å². The van der Waals surface area contributed by atoms with Crippen molar-refractivity contribution in [3.8, 4) is 0 Å². The van der Waals surface area contributed by atoms with Gasteiger partial charge in [0.1, 0.15) is 4.47 Å². The lowest BCUT2D eigenvalue weighted by atomic mass is 10.0. The predicted octanol–water partition coefficient (Wildman–Crippen LogP) is 2.97. The maximum atomic E-state index is 12.0. The number of hydrogen-bond donors (Lipinski definition) is 1. The van der Waals surface area contributed by atoms with Crippen molar-refractivity contribution in [2.75, 3.05) is 23.4 Å². The first-order valence-corrected chi connectivity index (χ1v) is 8.74. The van der Waals surface area contributed by atoms with Gasteiger partial charge in [-0.05, 0) is 52.6 Å². The number of aryl methyl sites for hydroxylation is 1. The van der Waals surface area contributed by atoms with Crippen molar-refractivity contribution < 1.29 is 0 Å². The van der Waals surface area contributed by atoms with Crippen LogP contribution in [0.1, 0.15) is 26.2 Å². The largest absolute Gasteiger partial charge is 0.382 e. The molecule has 1 aromatic heterocycles. The van der Waals surface area contributed by atoms with Crippen molar-refractivity contribution in [2.24, 2.45) is 5.92 Å². The molecule has 0 bridgehead atoms. The lowest BCUT2D eigenvalue weighted by molar-refractivity contribution is 0.515. The normalized spacial score (nSPS) is 16.5. The summed E-state index contributed by atoms with van der Waals surface area (Å²) in [5.74, 6) is 3.22. The molecule has 1 fully saturated rings. The van der Waals surface area contributed by atoms with Gasteiger partial charge in [0, 0.05) is 13.1 Å². The van der Waals surface area contributed by atoms with Crippen LogP contribution in [-0.4, -0.2) is 27.8 Å². The summed E-state index contributed by atoms with van der Waals surface area (Å²) in [6.45, 7) is 3.63. The Morgan fingerprint density at radius 2 is 2.26 bits per heavy atom. The Labute approximate surface area is 126 Å². The first-order valence-electron chi connectivity index (χ1n) is 6.79. The Hall–Kier alpha value is -0.490. The van der Waals surface area contributed by atoms with Gasteiger partial charge in [0.05, 0.1) is 11.9 Å². The fraction of sp³-hybridized carbons (Fsp3) is 0.692. The van der Waals surface area contributed by atoms with Gasteiger partial charge in [0.15, 0.2) is 0 Å². The zero-order chi connectivity index (χ0) is 13.7. The molecule has 0 aliphatic carbocycles. The van der Waals surface area contributed by atoms with E-state index in [0.717, 1.165) is 18.7 Å². The minimum atomic E-state index is -0.0500. The molecule has 1 saturated heterocycles. The quantitative estimate of drug-likeness (QED) is 0.891. The molecule has 106 valence electrons. The number of nitrogens with one attached hydrogen (secondary N) is 1. The van der Waals surface area contributed by atoms with Crippen LogP contribution in [0.4, 0.5) is 5.69 Å². The molecule has 2 rings (SSSR count). The molecule has 0 saturated carbocycles.